The lowest BCUT2D eigenvalue weighted by Crippen LogP contribution is -2.48. The summed E-state index contributed by atoms with van der Waals surface area (Å²) in [4.78, 5) is 36.0. The van der Waals surface area contributed by atoms with Crippen LogP contribution in [0.3, 0.4) is 0 Å². The lowest BCUT2D eigenvalue weighted by atomic mass is 10.1. The van der Waals surface area contributed by atoms with Gasteiger partial charge in [-0.15, -0.1) is 12.4 Å². The van der Waals surface area contributed by atoms with E-state index in [2.05, 4.69) is 15.0 Å². The van der Waals surface area contributed by atoms with Gasteiger partial charge in [-0.05, 0) is 30.7 Å². The van der Waals surface area contributed by atoms with Crippen LogP contribution >= 0.6 is 12.4 Å². The van der Waals surface area contributed by atoms with Crippen molar-refractivity contribution in [1.29, 1.82) is 0 Å². The van der Waals surface area contributed by atoms with E-state index >= 15 is 0 Å². The molecule has 0 N–H and O–H groups in total. The lowest BCUT2D eigenvalue weighted by Gasteiger charge is -2.34. The summed E-state index contributed by atoms with van der Waals surface area (Å²) in [6.45, 7) is 6.34. The number of carbonyl (C=O) groups excluding carboxylic acids is 2. The topological polar surface area (TPSA) is 101 Å². The molecule has 0 radical (unpaired) electrons. The fraction of sp³-hybridized carbons (Fsp3) is 0.429. The van der Waals surface area contributed by atoms with Gasteiger partial charge >= 0.3 is 0 Å². The van der Waals surface area contributed by atoms with Gasteiger partial charge in [-0.3, -0.25) is 14.5 Å². The number of nitrogens with zero attached hydrogens (tertiary/aromatic N) is 5. The van der Waals surface area contributed by atoms with Crippen molar-refractivity contribution in [2.45, 2.75) is 32.9 Å². The van der Waals surface area contributed by atoms with Gasteiger partial charge in [-0.1, -0.05) is 35.5 Å². The molecule has 2 amide bonds. The Morgan fingerprint density at radius 3 is 2.38 bits per heavy atom. The highest BCUT2D eigenvalue weighted by molar-refractivity contribution is 5.95. The third kappa shape index (κ3) is 7.93. The molecular formula is C28H36ClN5O5. The first-order chi connectivity index (χ1) is 18.5. The third-order valence-electron chi connectivity index (χ3n) is 6.67. The molecule has 4 rings (SSSR count). The molecule has 1 fully saturated rings. The molecule has 210 valence electrons. The fourth-order valence-electron chi connectivity index (χ4n) is 4.47. The van der Waals surface area contributed by atoms with Crippen LogP contribution in [0.1, 0.15) is 41.0 Å². The van der Waals surface area contributed by atoms with Gasteiger partial charge in [0, 0.05) is 57.7 Å². The second kappa shape index (κ2) is 14.5. The minimum Gasteiger partial charge on any atom is -0.493 e. The molecule has 1 aliphatic heterocycles. The number of hydrogen-bond acceptors (Lipinski definition) is 8. The van der Waals surface area contributed by atoms with Gasteiger partial charge in [0.25, 0.3) is 5.91 Å². The maximum atomic E-state index is 13.0. The highest BCUT2D eigenvalue weighted by Crippen LogP contribution is 2.28. The van der Waals surface area contributed by atoms with E-state index in [1.807, 2.05) is 47.1 Å². The van der Waals surface area contributed by atoms with Gasteiger partial charge in [-0.25, -0.2) is 0 Å². The summed E-state index contributed by atoms with van der Waals surface area (Å²) in [6, 6.07) is 15.2. The lowest BCUT2D eigenvalue weighted by molar-refractivity contribution is -0.131. The Hall–Kier alpha value is -3.63. The molecule has 2 heterocycles. The van der Waals surface area contributed by atoms with Gasteiger partial charge in [0.15, 0.2) is 17.3 Å². The van der Waals surface area contributed by atoms with E-state index in [0.717, 1.165) is 5.56 Å². The molecule has 2 aromatic carbocycles. The van der Waals surface area contributed by atoms with Crippen molar-refractivity contribution in [3.05, 3.63) is 71.4 Å². The van der Waals surface area contributed by atoms with Crippen LogP contribution in [0.5, 0.6) is 11.5 Å². The first kappa shape index (κ1) is 29.9. The van der Waals surface area contributed by atoms with E-state index < -0.39 is 0 Å². The second-order valence-electron chi connectivity index (χ2n) is 9.14. The number of methoxy groups -OCH3 is 2. The Morgan fingerprint density at radius 1 is 1.00 bits per heavy atom. The quantitative estimate of drug-likeness (QED) is 0.353. The highest BCUT2D eigenvalue weighted by atomic mass is 35.5. The molecular weight excluding hydrogens is 522 g/mol. The van der Waals surface area contributed by atoms with Crippen molar-refractivity contribution < 1.29 is 23.6 Å². The Labute approximate surface area is 235 Å². The van der Waals surface area contributed by atoms with Gasteiger partial charge in [0.2, 0.25) is 11.8 Å². The van der Waals surface area contributed by atoms with Gasteiger partial charge in [0.05, 0.1) is 20.8 Å². The summed E-state index contributed by atoms with van der Waals surface area (Å²) in [5, 5.41) is 4.10. The van der Waals surface area contributed by atoms with Crippen molar-refractivity contribution in [2.24, 2.45) is 0 Å². The summed E-state index contributed by atoms with van der Waals surface area (Å²) in [7, 11) is 3.12. The molecule has 11 heteroatoms. The van der Waals surface area contributed by atoms with Crippen molar-refractivity contribution in [2.75, 3.05) is 46.9 Å². The number of halogens is 1. The summed E-state index contributed by atoms with van der Waals surface area (Å²) < 4.78 is 16.0. The van der Waals surface area contributed by atoms with Crippen LogP contribution in [0.25, 0.3) is 0 Å². The number of aryl methyl sites for hydroxylation is 1. The Bertz CT molecular complexity index is 1210. The molecule has 0 unspecified atom stereocenters. The zero-order chi connectivity index (χ0) is 26.9. The number of amides is 2. The predicted molar refractivity (Wildman–Crippen MR) is 148 cm³/mol. The van der Waals surface area contributed by atoms with E-state index in [1.165, 1.54) is 0 Å². The normalized spacial score (nSPS) is 13.5. The summed E-state index contributed by atoms with van der Waals surface area (Å²) in [5.74, 6) is 2.20. The van der Waals surface area contributed by atoms with Gasteiger partial charge < -0.3 is 23.8 Å². The van der Waals surface area contributed by atoms with Gasteiger partial charge in [0.1, 0.15) is 0 Å². The molecule has 0 bridgehead atoms. The van der Waals surface area contributed by atoms with Crippen LogP contribution in [0.15, 0.2) is 53.1 Å². The van der Waals surface area contributed by atoms with Crippen molar-refractivity contribution >= 4 is 24.2 Å². The number of carbonyl (C=O) groups is 2. The Kier molecular flexibility index (Phi) is 11.1. The third-order valence-corrected chi connectivity index (χ3v) is 6.67. The first-order valence-corrected chi connectivity index (χ1v) is 12.9. The predicted octanol–water partition coefficient (Wildman–Crippen LogP) is 3.45. The molecule has 3 aromatic rings. The van der Waals surface area contributed by atoms with Crippen LogP contribution in [0.4, 0.5) is 0 Å². The number of aromatic nitrogens is 2. The van der Waals surface area contributed by atoms with E-state index in [9.17, 15) is 9.59 Å². The minimum absolute atomic E-state index is 0. The average Bonchev–Trinajstić information content (AvgIpc) is 3.41. The second-order valence-corrected chi connectivity index (χ2v) is 9.14. The first-order valence-electron chi connectivity index (χ1n) is 12.9. The molecule has 1 aromatic heterocycles. The highest BCUT2D eigenvalue weighted by Gasteiger charge is 2.24. The average molecular weight is 558 g/mol. The summed E-state index contributed by atoms with van der Waals surface area (Å²) in [5.41, 5.74) is 1.67. The SMILES string of the molecule is CCN(Cc1ccccc1)C(=O)CCc1nc(CN2CCN(C(=O)c3ccc(OC)c(OC)c3)CC2)no1.Cl. The van der Waals surface area contributed by atoms with Crippen LogP contribution in [0.2, 0.25) is 0 Å². The molecule has 1 aliphatic rings. The van der Waals surface area contributed by atoms with Gasteiger partial charge in [-0.2, -0.15) is 4.98 Å². The fourth-order valence-corrected chi connectivity index (χ4v) is 4.47. The number of ether oxygens (including phenoxy) is 2. The molecule has 1 saturated heterocycles. The number of benzene rings is 2. The van der Waals surface area contributed by atoms with Crippen LogP contribution < -0.4 is 9.47 Å². The summed E-state index contributed by atoms with van der Waals surface area (Å²) >= 11 is 0. The minimum atomic E-state index is -0.0366. The van der Waals surface area contributed by atoms with Crippen molar-refractivity contribution in [3.63, 3.8) is 0 Å². The van der Waals surface area contributed by atoms with E-state index in [0.29, 0.717) is 87.4 Å². The molecule has 0 aliphatic carbocycles. The zero-order valence-corrected chi connectivity index (χ0v) is 23.5. The number of hydrogen-bond donors (Lipinski definition) is 0. The molecule has 0 atom stereocenters. The molecule has 0 spiro atoms. The summed E-state index contributed by atoms with van der Waals surface area (Å²) in [6.07, 6.45) is 0.726. The van der Waals surface area contributed by atoms with E-state index in [-0.39, 0.29) is 24.2 Å². The Morgan fingerprint density at radius 2 is 1.72 bits per heavy atom. The smallest absolute Gasteiger partial charge is 0.254 e. The largest absolute Gasteiger partial charge is 0.493 e. The van der Waals surface area contributed by atoms with Crippen LogP contribution in [-0.4, -0.2) is 83.6 Å². The van der Waals surface area contributed by atoms with Crippen LogP contribution in [-0.2, 0) is 24.3 Å². The monoisotopic (exact) mass is 557 g/mol. The Balaban J connectivity index is 0.00000420. The maximum Gasteiger partial charge on any atom is 0.254 e. The standard InChI is InChI=1S/C28H35N5O5.ClH/c1-4-32(19-21-8-6-5-7-9-21)27(34)13-12-26-29-25(30-38-26)20-31-14-16-33(17-15-31)28(35)22-10-11-23(36-2)24(18-22)37-3;/h5-11,18H,4,12-17,19-20H2,1-3H3;1H. The maximum absolute atomic E-state index is 13.0. The van der Waals surface area contributed by atoms with Crippen molar-refractivity contribution in [1.82, 2.24) is 24.8 Å². The van der Waals surface area contributed by atoms with Crippen molar-refractivity contribution in [3.8, 4) is 11.5 Å². The zero-order valence-electron chi connectivity index (χ0n) is 22.7. The molecule has 10 nitrogen and oxygen atoms in total. The molecule has 0 saturated carbocycles. The number of rotatable bonds is 11. The number of piperazine rings is 1. The van der Waals surface area contributed by atoms with E-state index in [1.54, 1.807) is 32.4 Å². The van der Waals surface area contributed by atoms with E-state index in [4.69, 9.17) is 14.0 Å². The van der Waals surface area contributed by atoms with Crippen LogP contribution in [0, 0.1) is 0 Å². The molecule has 39 heavy (non-hydrogen) atoms.